The normalized spacial score (nSPS) is 33.9. The van der Waals surface area contributed by atoms with Crippen LogP contribution in [0.2, 0.25) is 0 Å². The molecule has 48 heavy (non-hydrogen) atoms. The molecule has 2 aromatic rings. The topological polar surface area (TPSA) is 125 Å². The Morgan fingerprint density at radius 3 is 2.10 bits per heavy atom. The molecule has 9 atom stereocenters. The van der Waals surface area contributed by atoms with Gasteiger partial charge in [0.25, 0.3) is 5.91 Å². The fourth-order valence-corrected chi connectivity index (χ4v) is 10.5. The van der Waals surface area contributed by atoms with E-state index < -0.39 is 5.97 Å². The van der Waals surface area contributed by atoms with Crippen molar-refractivity contribution in [3.8, 4) is 0 Å². The molecule has 4 saturated carbocycles. The van der Waals surface area contributed by atoms with E-state index in [0.29, 0.717) is 60.2 Å². The van der Waals surface area contributed by atoms with Crippen LogP contribution in [0.4, 0.5) is 0 Å². The highest BCUT2D eigenvalue weighted by Gasteiger charge is 2.62. The second-order valence-corrected chi connectivity index (χ2v) is 15.8. The van der Waals surface area contributed by atoms with Gasteiger partial charge in [0.1, 0.15) is 0 Å². The molecule has 0 radical (unpaired) electrons. The minimum Gasteiger partial charge on any atom is -0.465 e. The second kappa shape index (κ2) is 14.3. The van der Waals surface area contributed by atoms with Gasteiger partial charge in [0.2, 0.25) is 5.91 Å². The number of esters is 1. The van der Waals surface area contributed by atoms with Gasteiger partial charge in [-0.25, -0.2) is 4.79 Å². The molecule has 2 amide bonds. The number of aliphatic hydroxyl groups is 2. The maximum absolute atomic E-state index is 12.8. The summed E-state index contributed by atoms with van der Waals surface area (Å²) in [6.45, 7) is 5.71. The van der Waals surface area contributed by atoms with Gasteiger partial charge in [-0.2, -0.15) is 0 Å². The third kappa shape index (κ3) is 6.93. The van der Waals surface area contributed by atoms with Crippen LogP contribution in [0.1, 0.15) is 116 Å². The number of carbonyl (C=O) groups is 3. The molecule has 0 aromatic heterocycles. The Morgan fingerprint density at radius 2 is 1.42 bits per heavy atom. The molecular weight excluding hydrogens is 604 g/mol. The van der Waals surface area contributed by atoms with Gasteiger partial charge in [-0.05, 0) is 140 Å². The van der Waals surface area contributed by atoms with Crippen molar-refractivity contribution in [1.29, 1.82) is 0 Å². The molecule has 0 aliphatic heterocycles. The van der Waals surface area contributed by atoms with Crippen LogP contribution < -0.4 is 10.6 Å². The summed E-state index contributed by atoms with van der Waals surface area (Å²) in [6, 6.07) is 14.2. The maximum atomic E-state index is 12.8. The lowest BCUT2D eigenvalue weighted by Crippen LogP contribution is -2.58. The zero-order valence-electron chi connectivity index (χ0n) is 28.9. The number of aliphatic hydroxyl groups excluding tert-OH is 2. The summed E-state index contributed by atoms with van der Waals surface area (Å²) >= 11 is 0. The van der Waals surface area contributed by atoms with Crippen LogP contribution in [0.3, 0.4) is 0 Å². The highest BCUT2D eigenvalue weighted by molar-refractivity contribution is 5.94. The Labute approximate surface area is 285 Å². The highest BCUT2D eigenvalue weighted by atomic mass is 16.5. The number of carbonyl (C=O) groups excluding carboxylic acids is 3. The van der Waals surface area contributed by atoms with Crippen LogP contribution in [-0.4, -0.2) is 47.3 Å². The molecule has 4 N–H and O–H groups in total. The average molecular weight is 659 g/mol. The summed E-state index contributed by atoms with van der Waals surface area (Å²) in [7, 11) is 1.34. The number of hydrogen-bond donors (Lipinski definition) is 4. The molecule has 0 spiro atoms. The molecule has 0 bridgehead atoms. The number of methoxy groups -OCH3 is 1. The number of amides is 2. The lowest BCUT2D eigenvalue weighted by molar-refractivity contribution is -0.172. The predicted octanol–water partition coefficient (Wildman–Crippen LogP) is 6.18. The van der Waals surface area contributed by atoms with Crippen molar-refractivity contribution in [2.45, 2.75) is 110 Å². The molecule has 4 aliphatic carbocycles. The molecule has 0 heterocycles. The molecular formula is C40H54N2O6. The van der Waals surface area contributed by atoms with Crippen LogP contribution in [-0.2, 0) is 22.6 Å². The van der Waals surface area contributed by atoms with Gasteiger partial charge in [-0.15, -0.1) is 0 Å². The number of hydrogen-bond acceptors (Lipinski definition) is 6. The Hall–Kier alpha value is -3.23. The Bertz CT molecular complexity index is 1460. The minimum atomic E-state index is -0.396. The van der Waals surface area contributed by atoms with Crippen molar-refractivity contribution in [3.05, 3.63) is 70.8 Å². The summed E-state index contributed by atoms with van der Waals surface area (Å²) in [5.41, 5.74) is 3.30. The molecule has 8 heteroatoms. The van der Waals surface area contributed by atoms with Gasteiger partial charge in [0.05, 0.1) is 24.9 Å². The Balaban J connectivity index is 0.931. The molecule has 6 rings (SSSR count). The first-order valence-corrected chi connectivity index (χ1v) is 18.2. The summed E-state index contributed by atoms with van der Waals surface area (Å²) in [4.78, 5) is 37.0. The zero-order chi connectivity index (χ0) is 34.1. The van der Waals surface area contributed by atoms with E-state index in [-0.39, 0.29) is 34.9 Å². The molecule has 8 nitrogen and oxygen atoms in total. The second-order valence-electron chi connectivity index (χ2n) is 15.8. The molecule has 4 aliphatic rings. The van der Waals surface area contributed by atoms with E-state index >= 15 is 0 Å². The minimum absolute atomic E-state index is 0.0552. The number of nitrogens with one attached hydrogen (secondary N) is 2. The van der Waals surface area contributed by atoms with E-state index in [2.05, 4.69) is 24.5 Å². The third-order valence-corrected chi connectivity index (χ3v) is 13.3. The van der Waals surface area contributed by atoms with Gasteiger partial charge >= 0.3 is 5.97 Å². The Kier molecular flexibility index (Phi) is 10.3. The largest absolute Gasteiger partial charge is 0.465 e. The van der Waals surface area contributed by atoms with Crippen molar-refractivity contribution in [2.75, 3.05) is 7.11 Å². The highest BCUT2D eigenvalue weighted by Crippen LogP contribution is 2.67. The zero-order valence-corrected chi connectivity index (χ0v) is 28.9. The van der Waals surface area contributed by atoms with E-state index in [0.717, 1.165) is 49.7 Å². The number of fused-ring (bicyclic) bond motifs is 5. The molecule has 4 fully saturated rings. The lowest BCUT2D eigenvalue weighted by Gasteiger charge is -2.62. The molecule has 2 aromatic carbocycles. The lowest BCUT2D eigenvalue weighted by atomic mass is 9.44. The quantitative estimate of drug-likeness (QED) is 0.226. The summed E-state index contributed by atoms with van der Waals surface area (Å²) in [5, 5.41) is 27.8. The molecule has 260 valence electrons. The first kappa shape index (κ1) is 34.6. The fourth-order valence-electron chi connectivity index (χ4n) is 10.5. The van der Waals surface area contributed by atoms with E-state index in [4.69, 9.17) is 4.74 Å². The Morgan fingerprint density at radius 1 is 0.792 bits per heavy atom. The third-order valence-electron chi connectivity index (χ3n) is 13.3. The predicted molar refractivity (Wildman–Crippen MR) is 184 cm³/mol. The van der Waals surface area contributed by atoms with E-state index in [1.54, 1.807) is 36.4 Å². The van der Waals surface area contributed by atoms with E-state index in [1.165, 1.54) is 32.8 Å². The summed E-state index contributed by atoms with van der Waals surface area (Å²) in [6.07, 6.45) is 10.4. The first-order valence-electron chi connectivity index (χ1n) is 18.2. The number of rotatable bonds is 10. The van der Waals surface area contributed by atoms with Crippen LogP contribution in [0.15, 0.2) is 48.5 Å². The molecule has 0 saturated heterocycles. The number of ether oxygens (including phenoxy) is 1. The van der Waals surface area contributed by atoms with E-state index in [1.807, 2.05) is 12.1 Å². The van der Waals surface area contributed by atoms with Crippen LogP contribution >= 0.6 is 0 Å². The maximum Gasteiger partial charge on any atom is 0.337 e. The van der Waals surface area contributed by atoms with Crippen molar-refractivity contribution in [1.82, 2.24) is 10.6 Å². The SMILES string of the molecule is COC(=O)c1ccc(CNC(=O)c2ccc(CNC(=O)CCCC3CCC4C5C(CCC34C)C3(C)CC[C@@H](O)CC3C[C@@H]5O)cc2)cc1. The van der Waals surface area contributed by atoms with Gasteiger partial charge in [0.15, 0.2) is 0 Å². The smallest absolute Gasteiger partial charge is 0.337 e. The summed E-state index contributed by atoms with van der Waals surface area (Å²) < 4.78 is 4.72. The van der Waals surface area contributed by atoms with Crippen molar-refractivity contribution in [2.24, 2.45) is 40.4 Å². The average Bonchev–Trinajstić information content (AvgIpc) is 3.43. The van der Waals surface area contributed by atoms with Gasteiger partial charge in [-0.3, -0.25) is 9.59 Å². The van der Waals surface area contributed by atoms with Gasteiger partial charge in [-0.1, -0.05) is 38.1 Å². The summed E-state index contributed by atoms with van der Waals surface area (Å²) in [5.74, 6) is 1.99. The van der Waals surface area contributed by atoms with Crippen molar-refractivity contribution >= 4 is 17.8 Å². The monoisotopic (exact) mass is 658 g/mol. The van der Waals surface area contributed by atoms with Gasteiger partial charge < -0.3 is 25.6 Å². The van der Waals surface area contributed by atoms with Crippen molar-refractivity contribution in [3.63, 3.8) is 0 Å². The molecule has 7 unspecified atom stereocenters. The van der Waals surface area contributed by atoms with E-state index in [9.17, 15) is 24.6 Å². The number of benzene rings is 2. The van der Waals surface area contributed by atoms with Crippen LogP contribution in [0, 0.1) is 40.4 Å². The standard InChI is InChI=1S/C40H54N2O6/c1-39-20-18-33-36(34(44)22-30-21-31(43)17-19-40(30,33)2)32(39)16-15-29(39)5-4-6-35(45)41-23-25-7-11-27(12-8-25)37(46)42-24-26-9-13-28(14-10-26)38(47)48-3/h7-14,29-34,36,43-44H,4-6,15-24H2,1-3H3,(H,41,45)(H,42,46)/t29?,30?,31-,32?,33?,34+,36?,39?,40?/m1/s1. The van der Waals surface area contributed by atoms with Crippen LogP contribution in [0.25, 0.3) is 0 Å². The first-order chi connectivity index (χ1) is 23.0. The van der Waals surface area contributed by atoms with Crippen molar-refractivity contribution < 1.29 is 29.3 Å². The van der Waals surface area contributed by atoms with Crippen LogP contribution in [0.5, 0.6) is 0 Å². The fraction of sp³-hybridized carbons (Fsp3) is 0.625. The van der Waals surface area contributed by atoms with Gasteiger partial charge in [0, 0.05) is 25.1 Å².